The molecule has 1 aromatic carbocycles. The van der Waals surface area contributed by atoms with Crippen LogP contribution in [0.15, 0.2) is 24.3 Å². The van der Waals surface area contributed by atoms with Crippen molar-refractivity contribution < 1.29 is 13.0 Å². The van der Waals surface area contributed by atoms with Crippen LogP contribution in [-0.4, -0.2) is 24.8 Å². The van der Waals surface area contributed by atoms with Crippen LogP contribution < -0.4 is 5.46 Å². The minimum Gasteiger partial charge on any atom is -0.439 e. The number of rotatable bonds is 0. The normalized spacial score (nSPS) is 38.2. The van der Waals surface area contributed by atoms with Crippen molar-refractivity contribution >= 4 is 12.3 Å². The molecule has 0 radical (unpaired) electrons. The van der Waals surface area contributed by atoms with E-state index in [1.165, 1.54) is 0 Å². The van der Waals surface area contributed by atoms with Crippen LogP contribution in [0.1, 0.15) is 11.6 Å². The fourth-order valence-corrected chi connectivity index (χ4v) is 2.55. The van der Waals surface area contributed by atoms with E-state index < -0.39 is 6.84 Å². The maximum absolute atomic E-state index is 13.8. The largest absolute Gasteiger partial charge is 0.570 e. The van der Waals surface area contributed by atoms with Crippen LogP contribution in [0, 0.1) is 0 Å². The van der Waals surface area contributed by atoms with Gasteiger partial charge in [-0.2, -0.15) is 0 Å². The molecule has 0 spiro atoms. The van der Waals surface area contributed by atoms with E-state index in [9.17, 15) is 8.63 Å². The highest BCUT2D eigenvalue weighted by molar-refractivity contribution is 6.75. The van der Waals surface area contributed by atoms with Gasteiger partial charge in [-0.05, 0) is 5.56 Å². The van der Waals surface area contributed by atoms with Crippen molar-refractivity contribution in [3.8, 4) is 0 Å². The van der Waals surface area contributed by atoms with E-state index >= 15 is 0 Å². The quantitative estimate of drug-likeness (QED) is 0.417. The minimum atomic E-state index is -3.35. The third-order valence-corrected chi connectivity index (χ3v) is 3.61. The number of halogens is 2. The predicted molar refractivity (Wildman–Crippen MR) is 47.8 cm³/mol. The monoisotopic (exact) mass is 181 g/mol. The number of fused-ring (bicyclic) bond motifs is 3. The summed E-state index contributed by atoms with van der Waals surface area (Å²) >= 11 is 0. The van der Waals surface area contributed by atoms with E-state index in [4.69, 9.17) is 0 Å². The standard InChI is InChI=1S/C9H10BF2N/c1-13-6-9(13)7-4-2-3-5-8(7)10(13,11)12/h2-5,9H,6H2,1H3. The molecule has 1 nitrogen and oxygen atoms in total. The Balaban J connectivity index is 2.28. The van der Waals surface area contributed by atoms with Gasteiger partial charge >= 0.3 is 6.84 Å². The van der Waals surface area contributed by atoms with Gasteiger partial charge in [0, 0.05) is 7.05 Å². The predicted octanol–water partition coefficient (Wildman–Crippen LogP) is 1.29. The van der Waals surface area contributed by atoms with E-state index in [1.54, 1.807) is 19.2 Å². The molecule has 0 saturated carbocycles. The van der Waals surface area contributed by atoms with Gasteiger partial charge in [0.1, 0.15) is 6.04 Å². The Kier molecular flexibility index (Phi) is 1.04. The summed E-state index contributed by atoms with van der Waals surface area (Å²) in [6.07, 6.45) is 0. The number of nitrogens with zero attached hydrogens (tertiary/aromatic N) is 1. The topological polar surface area (TPSA) is 0 Å². The van der Waals surface area contributed by atoms with E-state index in [-0.39, 0.29) is 10.4 Å². The highest BCUT2D eigenvalue weighted by Crippen LogP contribution is 2.53. The maximum atomic E-state index is 13.8. The molecule has 4 heteroatoms. The molecule has 2 unspecified atom stereocenters. The summed E-state index contributed by atoms with van der Waals surface area (Å²) in [6.45, 7) is -2.73. The van der Waals surface area contributed by atoms with Gasteiger partial charge in [-0.3, -0.25) is 0 Å². The molecule has 1 fully saturated rings. The summed E-state index contributed by atoms with van der Waals surface area (Å²) < 4.78 is 27.5. The van der Waals surface area contributed by atoms with Crippen LogP contribution in [0.3, 0.4) is 0 Å². The second-order valence-electron chi connectivity index (χ2n) is 4.30. The second kappa shape index (κ2) is 1.80. The molecule has 2 aliphatic rings. The zero-order chi connectivity index (χ0) is 9.27. The Morgan fingerprint density at radius 2 is 2.08 bits per heavy atom. The Morgan fingerprint density at radius 3 is 2.77 bits per heavy atom. The number of benzene rings is 1. The highest BCUT2D eigenvalue weighted by atomic mass is 19.2. The van der Waals surface area contributed by atoms with Crippen LogP contribution in [0.2, 0.25) is 0 Å². The first-order valence-electron chi connectivity index (χ1n) is 4.53. The van der Waals surface area contributed by atoms with Crippen molar-refractivity contribution in [2.75, 3.05) is 13.6 Å². The van der Waals surface area contributed by atoms with Crippen molar-refractivity contribution in [3.63, 3.8) is 0 Å². The lowest BCUT2D eigenvalue weighted by atomic mass is 9.69. The summed E-state index contributed by atoms with van der Waals surface area (Å²) in [7, 11) is 1.66. The van der Waals surface area contributed by atoms with Gasteiger partial charge in [0.15, 0.2) is 0 Å². The molecular formula is C9H10BF2N. The molecule has 68 valence electrons. The van der Waals surface area contributed by atoms with Crippen LogP contribution in [0.5, 0.6) is 0 Å². The lowest BCUT2D eigenvalue weighted by molar-refractivity contribution is -0.695. The zero-order valence-corrected chi connectivity index (χ0v) is 7.37. The summed E-state index contributed by atoms with van der Waals surface area (Å²) in [4.78, 5) is 0. The molecule has 0 amide bonds. The van der Waals surface area contributed by atoms with Crippen molar-refractivity contribution in [3.05, 3.63) is 29.8 Å². The van der Waals surface area contributed by atoms with Gasteiger partial charge in [0.05, 0.1) is 6.54 Å². The Bertz CT molecular complexity index is 393. The maximum Gasteiger partial charge on any atom is 0.570 e. The average Bonchev–Trinajstić information content (AvgIpc) is 2.76. The Labute approximate surface area is 75.6 Å². The first-order chi connectivity index (χ1) is 6.07. The molecule has 3 rings (SSSR count). The fourth-order valence-electron chi connectivity index (χ4n) is 2.55. The lowest BCUT2D eigenvalue weighted by Gasteiger charge is -2.28. The third-order valence-electron chi connectivity index (χ3n) is 3.61. The van der Waals surface area contributed by atoms with E-state index in [0.29, 0.717) is 12.0 Å². The fraction of sp³-hybridized carbons (Fsp3) is 0.333. The molecule has 2 heterocycles. The Hall–Kier alpha value is -0.895. The van der Waals surface area contributed by atoms with Gasteiger partial charge in [0.25, 0.3) is 0 Å². The Morgan fingerprint density at radius 1 is 1.38 bits per heavy atom. The minimum absolute atomic E-state index is 0.0423. The van der Waals surface area contributed by atoms with Crippen LogP contribution in [0.25, 0.3) is 0 Å². The summed E-state index contributed by atoms with van der Waals surface area (Å²) in [5.41, 5.74) is 1.16. The molecule has 0 aromatic heterocycles. The zero-order valence-electron chi connectivity index (χ0n) is 7.37. The van der Waals surface area contributed by atoms with Gasteiger partial charge < -0.3 is 13.0 Å². The number of hydrogen-bond acceptors (Lipinski definition) is 0. The van der Waals surface area contributed by atoms with Gasteiger partial charge in [-0.15, -0.1) is 0 Å². The molecule has 1 aromatic rings. The molecule has 0 aliphatic carbocycles. The summed E-state index contributed by atoms with van der Waals surface area (Å²) in [6, 6.07) is 7.04. The molecule has 2 atom stereocenters. The molecule has 1 saturated heterocycles. The smallest absolute Gasteiger partial charge is 0.439 e. The van der Waals surface area contributed by atoms with Gasteiger partial charge in [-0.1, -0.05) is 29.7 Å². The SMILES string of the molecule is C[N+]12CC1c1ccccc1[B-]2(F)F. The van der Waals surface area contributed by atoms with Crippen LogP contribution in [0.4, 0.5) is 8.63 Å². The van der Waals surface area contributed by atoms with Crippen LogP contribution >= 0.6 is 0 Å². The van der Waals surface area contributed by atoms with Crippen molar-refractivity contribution in [2.24, 2.45) is 0 Å². The van der Waals surface area contributed by atoms with Gasteiger partial charge in [-0.25, -0.2) is 0 Å². The van der Waals surface area contributed by atoms with Gasteiger partial charge in [0.2, 0.25) is 0 Å². The molecular weight excluding hydrogens is 171 g/mol. The first kappa shape index (κ1) is 7.50. The number of likely N-dealkylation sites (N-methyl/N-ethyl adjacent to an activating group) is 1. The molecule has 13 heavy (non-hydrogen) atoms. The molecule has 0 N–H and O–H groups in total. The average molecular weight is 181 g/mol. The van der Waals surface area contributed by atoms with Crippen molar-refractivity contribution in [2.45, 2.75) is 6.04 Å². The lowest BCUT2D eigenvalue weighted by Crippen LogP contribution is -2.53. The summed E-state index contributed by atoms with van der Waals surface area (Å²) in [5, 5.41) is 0. The van der Waals surface area contributed by atoms with E-state index in [2.05, 4.69) is 0 Å². The van der Waals surface area contributed by atoms with E-state index in [1.807, 2.05) is 12.1 Å². The van der Waals surface area contributed by atoms with Crippen LogP contribution in [-0.2, 0) is 0 Å². The summed E-state index contributed by atoms with van der Waals surface area (Å²) in [5.74, 6) is 0. The number of quaternary nitrogens is 1. The number of hydrogen-bond donors (Lipinski definition) is 0. The molecule has 0 bridgehead atoms. The third kappa shape index (κ3) is 0.634. The van der Waals surface area contributed by atoms with E-state index in [0.717, 1.165) is 5.56 Å². The molecule has 2 aliphatic heterocycles. The highest BCUT2D eigenvalue weighted by Gasteiger charge is 2.70. The van der Waals surface area contributed by atoms with Crippen molar-refractivity contribution in [1.82, 2.24) is 0 Å². The first-order valence-corrected chi connectivity index (χ1v) is 4.53. The van der Waals surface area contributed by atoms with Crippen molar-refractivity contribution in [1.29, 1.82) is 0 Å². The second-order valence-corrected chi connectivity index (χ2v) is 4.30.